The van der Waals surface area contributed by atoms with Crippen molar-refractivity contribution in [3.63, 3.8) is 0 Å². The maximum atomic E-state index is 10.9. The van der Waals surface area contributed by atoms with Gasteiger partial charge in [0.05, 0.1) is 5.56 Å². The Hall–Kier alpha value is -0.200. The van der Waals surface area contributed by atoms with Crippen molar-refractivity contribution in [3.05, 3.63) is 35.9 Å². The molecule has 0 atom stereocenters. The fraction of sp³-hybridized carbons (Fsp3) is 0. The van der Waals surface area contributed by atoms with Gasteiger partial charge in [-0.25, -0.2) is 9.36 Å². The third kappa shape index (κ3) is 6.81. The molecule has 0 aliphatic heterocycles. The molecule has 0 bridgehead atoms. The average Bonchev–Trinajstić information content (AvgIpc) is 2.03. The van der Waals surface area contributed by atoms with E-state index in [0.717, 1.165) is 0 Å². The third-order valence-electron chi connectivity index (χ3n) is 1.21. The van der Waals surface area contributed by atoms with Crippen molar-refractivity contribution in [2.24, 2.45) is 0 Å². The number of hydrogen-bond acceptors (Lipinski definition) is 4. The molecule has 6 nitrogen and oxygen atoms in total. The normalized spacial score (nSPS) is 9.47. The van der Waals surface area contributed by atoms with Gasteiger partial charge in [0, 0.05) is 0 Å². The Bertz CT molecular complexity index is 352. The summed E-state index contributed by atoms with van der Waals surface area (Å²) in [6.07, 6.45) is 0. The van der Waals surface area contributed by atoms with Crippen LogP contribution in [0.15, 0.2) is 30.3 Å². The molecule has 0 saturated heterocycles. The molecule has 0 heterocycles. The van der Waals surface area contributed by atoms with Gasteiger partial charge in [0.15, 0.2) is 0 Å². The Morgan fingerprint density at radius 3 is 2.07 bits per heavy atom. The molecule has 8 heteroatoms. The van der Waals surface area contributed by atoms with Crippen LogP contribution in [0.3, 0.4) is 0 Å². The molecule has 80 valence electrons. The van der Waals surface area contributed by atoms with E-state index in [1.807, 2.05) is 0 Å². The fourth-order valence-electron chi connectivity index (χ4n) is 0.735. The first-order valence-electron chi connectivity index (χ1n) is 3.33. The summed E-state index contributed by atoms with van der Waals surface area (Å²) in [4.78, 5) is 27.6. The second kappa shape index (κ2) is 7.14. The van der Waals surface area contributed by atoms with Crippen LogP contribution < -0.4 is 6.15 Å². The first-order valence-corrected chi connectivity index (χ1v) is 4.86. The van der Waals surface area contributed by atoms with Gasteiger partial charge in [0.2, 0.25) is 0 Å². The van der Waals surface area contributed by atoms with Gasteiger partial charge < -0.3 is 10.7 Å². The second-order valence-corrected chi connectivity index (χ2v) is 3.40. The first-order chi connectivity index (χ1) is 5.99. The molecule has 5 N–H and O–H groups in total. The Morgan fingerprint density at radius 1 is 1.20 bits per heavy atom. The van der Waals surface area contributed by atoms with Gasteiger partial charge in [-0.1, -0.05) is 18.2 Å². The van der Waals surface area contributed by atoms with Gasteiger partial charge in [-0.2, -0.15) is 0 Å². The standard InChI is InChI=1S/C7H7O5P.H3N.Na.H/c8-7(12-13(9,10)11)6-4-2-1-3-5-6;;;/h1-5H,(H2,9,10,11);1H3;;. The number of rotatable bonds is 2. The average molecular weight is 243 g/mol. The van der Waals surface area contributed by atoms with Crippen molar-refractivity contribution in [3.8, 4) is 0 Å². The fourth-order valence-corrected chi connectivity index (χ4v) is 1.06. The van der Waals surface area contributed by atoms with E-state index in [2.05, 4.69) is 4.52 Å². The van der Waals surface area contributed by atoms with E-state index in [0.29, 0.717) is 0 Å². The van der Waals surface area contributed by atoms with E-state index >= 15 is 0 Å². The van der Waals surface area contributed by atoms with Crippen molar-refractivity contribution in [2.45, 2.75) is 0 Å². The van der Waals surface area contributed by atoms with E-state index in [9.17, 15) is 9.36 Å². The van der Waals surface area contributed by atoms with Gasteiger partial charge in [0.1, 0.15) is 0 Å². The molecule has 0 aromatic heterocycles. The number of benzene rings is 1. The van der Waals surface area contributed by atoms with Crippen LogP contribution in [0.2, 0.25) is 0 Å². The summed E-state index contributed by atoms with van der Waals surface area (Å²) >= 11 is 0. The zero-order chi connectivity index (χ0) is 9.90. The van der Waals surface area contributed by atoms with Gasteiger partial charge in [-0.3, -0.25) is 9.79 Å². The van der Waals surface area contributed by atoms with Gasteiger partial charge >= 0.3 is 43.3 Å². The maximum absolute atomic E-state index is 10.9. The van der Waals surface area contributed by atoms with Crippen LogP contribution in [0.1, 0.15) is 10.4 Å². The molecule has 0 radical (unpaired) electrons. The van der Waals surface area contributed by atoms with Crippen LogP contribution in [0.25, 0.3) is 0 Å². The Balaban J connectivity index is 0. The molecule has 15 heavy (non-hydrogen) atoms. The molecule has 0 amide bonds. The van der Waals surface area contributed by atoms with E-state index < -0.39 is 13.8 Å². The summed E-state index contributed by atoms with van der Waals surface area (Å²) in [5, 5.41) is 0. The first kappa shape index (κ1) is 17.2. The Kier molecular flexibility index (Phi) is 8.18. The topological polar surface area (TPSA) is 119 Å². The van der Waals surface area contributed by atoms with Gasteiger partial charge in [0.25, 0.3) is 0 Å². The van der Waals surface area contributed by atoms with E-state index in [1.54, 1.807) is 18.2 Å². The van der Waals surface area contributed by atoms with Crippen LogP contribution in [0.4, 0.5) is 0 Å². The molecule has 1 aromatic carbocycles. The van der Waals surface area contributed by atoms with Crippen molar-refractivity contribution >= 4 is 43.3 Å². The molecule has 0 aliphatic carbocycles. The summed E-state index contributed by atoms with van der Waals surface area (Å²) in [6, 6.07) is 7.61. The summed E-state index contributed by atoms with van der Waals surface area (Å²) in [7, 11) is -4.74. The van der Waals surface area contributed by atoms with Crippen molar-refractivity contribution in [1.82, 2.24) is 6.15 Å². The number of carbonyl (C=O) groups excluding carboxylic acids is 1. The third-order valence-corrected chi connectivity index (χ3v) is 1.61. The number of phosphoric ester groups is 1. The summed E-state index contributed by atoms with van der Waals surface area (Å²) in [5.74, 6) is -1.03. The predicted molar refractivity (Wildman–Crippen MR) is 56.1 cm³/mol. The molecule has 0 saturated carbocycles. The number of phosphoric acid groups is 1. The minimum absolute atomic E-state index is 0. The molecule has 1 aromatic rings. The summed E-state index contributed by atoms with van der Waals surface area (Å²) in [6.45, 7) is 0. The minimum atomic E-state index is -4.74. The molecular formula is C7H11NNaO5P. The number of hydrogen-bond donors (Lipinski definition) is 3. The monoisotopic (exact) mass is 243 g/mol. The van der Waals surface area contributed by atoms with Crippen LogP contribution in [0, 0.1) is 0 Å². The molecule has 0 unspecified atom stereocenters. The van der Waals surface area contributed by atoms with Crippen molar-refractivity contribution in [1.29, 1.82) is 0 Å². The van der Waals surface area contributed by atoms with Crippen molar-refractivity contribution < 1.29 is 23.7 Å². The SMILES string of the molecule is N.O=C(OP(=O)(O)O)c1ccccc1.[NaH]. The van der Waals surface area contributed by atoms with E-state index in [1.165, 1.54) is 12.1 Å². The van der Waals surface area contributed by atoms with Crippen molar-refractivity contribution in [2.75, 3.05) is 0 Å². The molecular weight excluding hydrogens is 232 g/mol. The van der Waals surface area contributed by atoms with Gasteiger partial charge in [-0.05, 0) is 12.1 Å². The van der Waals surface area contributed by atoms with Crippen LogP contribution >= 0.6 is 7.82 Å². The van der Waals surface area contributed by atoms with E-state index in [4.69, 9.17) is 9.79 Å². The summed E-state index contributed by atoms with van der Waals surface area (Å²) in [5.41, 5.74) is 0.103. The molecule has 1 rings (SSSR count). The molecule has 0 aliphatic rings. The van der Waals surface area contributed by atoms with Gasteiger partial charge in [-0.15, -0.1) is 0 Å². The zero-order valence-electron chi connectivity index (χ0n) is 7.16. The molecule has 0 spiro atoms. The number of carbonyl (C=O) groups is 1. The van der Waals surface area contributed by atoms with E-state index in [-0.39, 0.29) is 41.3 Å². The zero-order valence-corrected chi connectivity index (χ0v) is 8.05. The Morgan fingerprint density at radius 2 is 1.67 bits per heavy atom. The predicted octanol–water partition coefficient (Wildman–Crippen LogP) is 0.450. The van der Waals surface area contributed by atoms with Crippen LogP contribution in [-0.4, -0.2) is 45.3 Å². The quantitative estimate of drug-likeness (QED) is 0.512. The van der Waals surface area contributed by atoms with Crippen LogP contribution in [-0.2, 0) is 9.09 Å². The second-order valence-electron chi connectivity index (χ2n) is 2.24. The Labute approximate surface area is 109 Å². The van der Waals surface area contributed by atoms with Crippen LogP contribution in [0.5, 0.6) is 0 Å². The molecule has 0 fully saturated rings. The summed E-state index contributed by atoms with van der Waals surface area (Å²) < 4.78 is 14.1.